The largest absolute Gasteiger partial charge is 0.378 e. The highest BCUT2D eigenvalue weighted by Gasteiger charge is 2.29. The fourth-order valence-electron chi connectivity index (χ4n) is 5.47. The summed E-state index contributed by atoms with van der Waals surface area (Å²) in [5, 5.41) is 0. The van der Waals surface area contributed by atoms with Crippen molar-refractivity contribution in [1.82, 2.24) is 9.47 Å². The van der Waals surface area contributed by atoms with Gasteiger partial charge in [0.05, 0.1) is 18.5 Å². The van der Waals surface area contributed by atoms with E-state index in [1.807, 2.05) is 43.3 Å². The number of nitrogens with zero attached hydrogens (tertiary/aromatic N) is 4. The van der Waals surface area contributed by atoms with Crippen molar-refractivity contribution in [2.45, 2.75) is 19.4 Å². The molecule has 1 aliphatic rings. The van der Waals surface area contributed by atoms with Crippen LogP contribution in [0.1, 0.15) is 33.5 Å². The average Bonchev–Trinajstić information content (AvgIpc) is 3.04. The molecular formula is C35H32F4N4O4. The van der Waals surface area contributed by atoms with Crippen molar-refractivity contribution >= 4 is 28.8 Å². The average molecular weight is 649 g/mol. The van der Waals surface area contributed by atoms with Crippen molar-refractivity contribution < 1.29 is 31.9 Å². The molecule has 1 aromatic heterocycles. The third kappa shape index (κ3) is 7.76. The number of hydrogen-bond donors (Lipinski definition) is 0. The molecule has 2 heterocycles. The number of benzene rings is 3. The van der Waals surface area contributed by atoms with E-state index in [0.717, 1.165) is 22.0 Å². The first-order chi connectivity index (χ1) is 22.4. The maximum Gasteiger partial charge on any atom is 0.290 e. The third-order valence-corrected chi connectivity index (χ3v) is 8.05. The van der Waals surface area contributed by atoms with Crippen molar-refractivity contribution in [2.75, 3.05) is 50.1 Å². The van der Waals surface area contributed by atoms with Gasteiger partial charge in [0.1, 0.15) is 23.3 Å². The van der Waals surface area contributed by atoms with Crippen LogP contribution in [0.25, 0.3) is 0 Å². The molecule has 244 valence electrons. The van der Waals surface area contributed by atoms with Crippen molar-refractivity contribution in [1.29, 1.82) is 0 Å². The van der Waals surface area contributed by atoms with Gasteiger partial charge in [0.25, 0.3) is 11.5 Å². The molecule has 0 atom stereocenters. The topological polar surface area (TPSA) is 82.9 Å². The molecule has 3 aromatic carbocycles. The summed E-state index contributed by atoms with van der Waals surface area (Å²) >= 11 is 0. The van der Waals surface area contributed by atoms with Crippen LogP contribution in [0.3, 0.4) is 0 Å². The predicted octanol–water partition coefficient (Wildman–Crippen LogP) is 4.60. The second-order valence-electron chi connectivity index (χ2n) is 11.6. The summed E-state index contributed by atoms with van der Waals surface area (Å²) in [6.45, 7) is 1.32. The van der Waals surface area contributed by atoms with E-state index in [1.165, 1.54) is 35.4 Å². The highest BCUT2D eigenvalue weighted by atomic mass is 19.1. The van der Waals surface area contributed by atoms with E-state index in [4.69, 9.17) is 0 Å². The number of Topliss-reactive ketones (excluding diaryl/α,β-unsaturated/α-hetero) is 2. The van der Waals surface area contributed by atoms with E-state index in [2.05, 4.69) is 4.90 Å². The minimum Gasteiger partial charge on any atom is -0.378 e. The summed E-state index contributed by atoms with van der Waals surface area (Å²) in [5.41, 5.74) is 0.866. The van der Waals surface area contributed by atoms with Gasteiger partial charge >= 0.3 is 0 Å². The molecule has 1 fully saturated rings. The predicted molar refractivity (Wildman–Crippen MR) is 169 cm³/mol. The van der Waals surface area contributed by atoms with Crippen LogP contribution in [0, 0.1) is 23.3 Å². The second-order valence-corrected chi connectivity index (χ2v) is 11.6. The van der Waals surface area contributed by atoms with Gasteiger partial charge in [-0.2, -0.15) is 0 Å². The number of pyridine rings is 1. The van der Waals surface area contributed by atoms with Gasteiger partial charge in [0.15, 0.2) is 5.78 Å². The van der Waals surface area contributed by atoms with Crippen LogP contribution in [0.15, 0.2) is 77.7 Å². The van der Waals surface area contributed by atoms with Crippen LogP contribution in [0.5, 0.6) is 0 Å². The number of aromatic nitrogens is 1. The monoisotopic (exact) mass is 648 g/mol. The lowest BCUT2D eigenvalue weighted by Crippen LogP contribution is -2.51. The summed E-state index contributed by atoms with van der Waals surface area (Å²) in [6.07, 6.45) is -0.0538. The Hall–Kier alpha value is -5.26. The Kier molecular flexibility index (Phi) is 9.88. The lowest BCUT2D eigenvalue weighted by Gasteiger charge is -2.36. The zero-order valence-corrected chi connectivity index (χ0v) is 25.8. The number of hydrogen-bond acceptors (Lipinski definition) is 6. The van der Waals surface area contributed by atoms with Crippen LogP contribution in [-0.4, -0.2) is 67.2 Å². The van der Waals surface area contributed by atoms with Crippen molar-refractivity contribution in [2.24, 2.45) is 0 Å². The van der Waals surface area contributed by atoms with Crippen LogP contribution >= 0.6 is 0 Å². The van der Waals surface area contributed by atoms with E-state index in [1.54, 1.807) is 0 Å². The Labute approximate surface area is 268 Å². The van der Waals surface area contributed by atoms with Crippen LogP contribution in [-0.2, 0) is 22.6 Å². The molecule has 4 aromatic rings. The minimum absolute atomic E-state index is 0.119. The molecule has 0 radical (unpaired) electrons. The van der Waals surface area contributed by atoms with Gasteiger partial charge in [-0.15, -0.1) is 0 Å². The molecule has 0 aliphatic carbocycles. The maximum absolute atomic E-state index is 14.5. The summed E-state index contributed by atoms with van der Waals surface area (Å²) in [4.78, 5) is 58.2. The summed E-state index contributed by atoms with van der Waals surface area (Å²) in [6, 6.07) is 15.3. The molecule has 8 nitrogen and oxygen atoms in total. The molecule has 0 unspecified atom stereocenters. The third-order valence-electron chi connectivity index (χ3n) is 8.05. The number of anilines is 2. The Morgan fingerprint density at radius 3 is 1.98 bits per heavy atom. The van der Waals surface area contributed by atoms with E-state index in [0.29, 0.717) is 30.8 Å². The molecule has 0 spiro atoms. The first-order valence-electron chi connectivity index (χ1n) is 14.9. The molecule has 1 aliphatic heterocycles. The summed E-state index contributed by atoms with van der Waals surface area (Å²) < 4.78 is 57.0. The normalized spacial score (nSPS) is 13.1. The molecule has 1 amide bonds. The lowest BCUT2D eigenvalue weighted by molar-refractivity contribution is -0.144. The van der Waals surface area contributed by atoms with Gasteiger partial charge in [0, 0.05) is 82.0 Å². The van der Waals surface area contributed by atoms with Gasteiger partial charge in [-0.3, -0.25) is 19.2 Å². The molecule has 0 N–H and O–H groups in total. The first kappa shape index (κ1) is 33.1. The van der Waals surface area contributed by atoms with Crippen molar-refractivity contribution in [3.63, 3.8) is 0 Å². The zero-order chi connectivity index (χ0) is 33.8. The molecule has 0 bridgehead atoms. The van der Waals surface area contributed by atoms with Gasteiger partial charge in [-0.1, -0.05) is 12.1 Å². The molecular weight excluding hydrogens is 616 g/mol. The lowest BCUT2D eigenvalue weighted by atomic mass is 10.00. The Morgan fingerprint density at radius 1 is 0.766 bits per heavy atom. The number of halogens is 4. The zero-order valence-electron chi connectivity index (χ0n) is 25.8. The second kappa shape index (κ2) is 14.0. The van der Waals surface area contributed by atoms with Crippen LogP contribution in [0.2, 0.25) is 0 Å². The number of rotatable bonds is 10. The van der Waals surface area contributed by atoms with E-state index in [-0.39, 0.29) is 25.2 Å². The SMILES string of the molecule is CN(C)c1ccc(N2CCN(C(=O)C(=O)CC(=O)c3cc(Cc4c(F)cc(F)cc4F)cn(Cc4ccc(F)cc4)c3=O)CC2)cc1. The highest BCUT2D eigenvalue weighted by Crippen LogP contribution is 2.22. The first-order valence-corrected chi connectivity index (χ1v) is 14.9. The van der Waals surface area contributed by atoms with E-state index in [9.17, 15) is 36.7 Å². The summed E-state index contributed by atoms with van der Waals surface area (Å²) in [7, 11) is 3.88. The standard InChI is InChI=1S/C35H32F4N4O4/c1-40(2)26-7-9-27(10-8-26)41-11-13-42(14-12-41)35(47)33(45)19-32(44)29-16-23(15-28-30(38)17-25(37)18-31(28)39)21-43(34(29)46)20-22-3-5-24(36)6-4-22/h3-10,16-18,21H,11-15,19-20H2,1-2H3. The van der Waals surface area contributed by atoms with Gasteiger partial charge < -0.3 is 19.3 Å². The number of amides is 1. The van der Waals surface area contributed by atoms with E-state index >= 15 is 0 Å². The molecule has 1 saturated heterocycles. The number of carbonyl (C=O) groups excluding carboxylic acids is 3. The summed E-state index contributed by atoms with van der Waals surface area (Å²) in [5.74, 6) is -6.71. The van der Waals surface area contributed by atoms with Gasteiger partial charge in [0.2, 0.25) is 5.78 Å². The highest BCUT2D eigenvalue weighted by molar-refractivity contribution is 6.40. The van der Waals surface area contributed by atoms with Gasteiger partial charge in [-0.05, 0) is 53.6 Å². The molecule has 47 heavy (non-hydrogen) atoms. The minimum atomic E-state index is -1.15. The fourth-order valence-corrected chi connectivity index (χ4v) is 5.47. The fraction of sp³-hybridized carbons (Fsp3) is 0.257. The molecule has 12 heteroatoms. The Bertz CT molecular complexity index is 1840. The smallest absolute Gasteiger partial charge is 0.290 e. The van der Waals surface area contributed by atoms with Crippen molar-refractivity contribution in [3.05, 3.63) is 129 Å². The van der Waals surface area contributed by atoms with E-state index < -0.39 is 70.3 Å². The molecule has 0 saturated carbocycles. The van der Waals surface area contributed by atoms with Crippen molar-refractivity contribution in [3.8, 4) is 0 Å². The number of ketones is 2. The van der Waals surface area contributed by atoms with Crippen LogP contribution in [0.4, 0.5) is 28.9 Å². The number of carbonyl (C=O) groups is 3. The van der Waals surface area contributed by atoms with Gasteiger partial charge in [-0.25, -0.2) is 17.6 Å². The Balaban J connectivity index is 1.33. The maximum atomic E-state index is 14.5. The Morgan fingerprint density at radius 2 is 1.38 bits per heavy atom. The molecule has 5 rings (SSSR count). The quantitative estimate of drug-likeness (QED) is 0.108. The number of piperazine rings is 1. The van der Waals surface area contributed by atoms with Crippen LogP contribution < -0.4 is 15.4 Å².